The van der Waals surface area contributed by atoms with E-state index in [0.717, 1.165) is 37.1 Å². The van der Waals surface area contributed by atoms with Gasteiger partial charge in [0, 0.05) is 18.4 Å². The van der Waals surface area contributed by atoms with Gasteiger partial charge in [0.15, 0.2) is 0 Å². The summed E-state index contributed by atoms with van der Waals surface area (Å²) in [5.41, 5.74) is 0. The van der Waals surface area contributed by atoms with Crippen molar-refractivity contribution in [3.8, 4) is 0 Å². The number of hydrogen-bond donors (Lipinski definition) is 0. The van der Waals surface area contributed by atoms with Crippen molar-refractivity contribution in [1.29, 1.82) is 0 Å². The van der Waals surface area contributed by atoms with Gasteiger partial charge >= 0.3 is 0 Å². The fourth-order valence-electron chi connectivity index (χ4n) is 1.35. The number of hydrogen-bond acceptors (Lipinski definition) is 2. The van der Waals surface area contributed by atoms with Gasteiger partial charge in [0.05, 0.1) is 6.20 Å². The topological polar surface area (TPSA) is 16.1 Å². The Kier molecular flexibility index (Phi) is 5.61. The van der Waals surface area contributed by atoms with Crippen LogP contribution in [0.4, 0.5) is 10.2 Å². The molecule has 84 valence electrons. The molecule has 0 aliphatic carbocycles. The highest BCUT2D eigenvalue weighted by Gasteiger charge is 2.06. The zero-order chi connectivity index (χ0) is 11.1. The lowest BCUT2D eigenvalue weighted by Crippen LogP contribution is -2.27. The van der Waals surface area contributed by atoms with Crippen LogP contribution in [-0.2, 0) is 0 Å². The van der Waals surface area contributed by atoms with E-state index in [9.17, 15) is 4.39 Å². The summed E-state index contributed by atoms with van der Waals surface area (Å²) in [6, 6.07) is 3.18. The predicted octanol–water partition coefficient (Wildman–Crippen LogP) is 3.22. The zero-order valence-corrected chi connectivity index (χ0v) is 10.5. The number of alkyl halides is 1. The maximum atomic E-state index is 12.7. The molecule has 1 heterocycles. The second-order valence-corrected chi connectivity index (χ2v) is 4.16. The molecule has 1 aromatic heterocycles. The van der Waals surface area contributed by atoms with Crippen LogP contribution in [0.5, 0.6) is 0 Å². The van der Waals surface area contributed by atoms with Crippen molar-refractivity contribution in [3.05, 3.63) is 24.1 Å². The van der Waals surface area contributed by atoms with Crippen molar-refractivity contribution in [2.45, 2.75) is 19.8 Å². The molecule has 0 aromatic carbocycles. The minimum atomic E-state index is -0.284. The van der Waals surface area contributed by atoms with Crippen LogP contribution < -0.4 is 4.90 Å². The van der Waals surface area contributed by atoms with E-state index >= 15 is 0 Å². The molecule has 0 fully saturated rings. The Morgan fingerprint density at radius 2 is 2.20 bits per heavy atom. The molecular formula is C11H16BrFN2. The quantitative estimate of drug-likeness (QED) is 0.741. The lowest BCUT2D eigenvalue weighted by Gasteiger charge is -2.22. The highest BCUT2D eigenvalue weighted by molar-refractivity contribution is 9.09. The van der Waals surface area contributed by atoms with Gasteiger partial charge in [-0.05, 0) is 18.6 Å². The first-order valence-corrected chi connectivity index (χ1v) is 6.32. The second kappa shape index (κ2) is 6.77. The van der Waals surface area contributed by atoms with Crippen LogP contribution in [0, 0.1) is 5.82 Å². The second-order valence-electron chi connectivity index (χ2n) is 3.36. The van der Waals surface area contributed by atoms with Crippen LogP contribution >= 0.6 is 15.9 Å². The third kappa shape index (κ3) is 4.16. The van der Waals surface area contributed by atoms with E-state index in [1.54, 1.807) is 6.07 Å². The van der Waals surface area contributed by atoms with Gasteiger partial charge < -0.3 is 4.90 Å². The molecule has 0 amide bonds. The molecule has 1 rings (SSSR count). The van der Waals surface area contributed by atoms with Crippen molar-refractivity contribution in [2.24, 2.45) is 0 Å². The van der Waals surface area contributed by atoms with Gasteiger partial charge in [-0.1, -0.05) is 29.3 Å². The lowest BCUT2D eigenvalue weighted by molar-refractivity contribution is 0.619. The van der Waals surface area contributed by atoms with Crippen LogP contribution in [0.1, 0.15) is 19.8 Å². The van der Waals surface area contributed by atoms with E-state index in [1.165, 1.54) is 12.3 Å². The highest BCUT2D eigenvalue weighted by atomic mass is 79.9. The Bertz CT molecular complexity index is 276. The first kappa shape index (κ1) is 12.4. The summed E-state index contributed by atoms with van der Waals surface area (Å²) in [6.45, 7) is 4.03. The molecule has 4 heteroatoms. The maximum absolute atomic E-state index is 12.7. The molecule has 0 aliphatic heterocycles. The average Bonchev–Trinajstić information content (AvgIpc) is 2.25. The molecule has 0 saturated carbocycles. The molecule has 0 N–H and O–H groups in total. The molecule has 0 saturated heterocycles. The molecule has 1 aromatic rings. The van der Waals surface area contributed by atoms with Crippen LogP contribution in [0.25, 0.3) is 0 Å². The molecule has 15 heavy (non-hydrogen) atoms. The van der Waals surface area contributed by atoms with Crippen molar-refractivity contribution in [2.75, 3.05) is 23.3 Å². The van der Waals surface area contributed by atoms with Crippen molar-refractivity contribution in [3.63, 3.8) is 0 Å². The Labute approximate surface area is 98.6 Å². The van der Waals surface area contributed by atoms with Gasteiger partial charge in [-0.15, -0.1) is 0 Å². The fraction of sp³-hybridized carbons (Fsp3) is 0.545. The molecule has 0 spiro atoms. The maximum Gasteiger partial charge on any atom is 0.141 e. The van der Waals surface area contributed by atoms with Gasteiger partial charge in [-0.3, -0.25) is 0 Å². The molecule has 2 nitrogen and oxygen atoms in total. The largest absolute Gasteiger partial charge is 0.356 e. The van der Waals surface area contributed by atoms with Gasteiger partial charge in [-0.25, -0.2) is 9.37 Å². The Morgan fingerprint density at radius 3 is 2.73 bits per heavy atom. The van der Waals surface area contributed by atoms with Crippen molar-refractivity contribution < 1.29 is 4.39 Å². The van der Waals surface area contributed by atoms with Gasteiger partial charge in [0.25, 0.3) is 0 Å². The molecule has 0 radical (unpaired) electrons. The first-order chi connectivity index (χ1) is 7.27. The standard InChI is InChI=1S/C11H16BrFN2/c1-2-3-7-15(8-6-12)11-5-4-10(13)9-14-11/h4-5,9H,2-3,6-8H2,1H3. The van der Waals surface area contributed by atoms with E-state index in [2.05, 4.69) is 32.7 Å². The third-order valence-corrected chi connectivity index (χ3v) is 2.53. The summed E-state index contributed by atoms with van der Waals surface area (Å²) in [6.07, 6.45) is 3.55. The first-order valence-electron chi connectivity index (χ1n) is 5.20. The van der Waals surface area contributed by atoms with Gasteiger partial charge in [-0.2, -0.15) is 0 Å². The zero-order valence-electron chi connectivity index (χ0n) is 8.92. The van der Waals surface area contributed by atoms with Crippen molar-refractivity contribution in [1.82, 2.24) is 4.98 Å². The third-order valence-electron chi connectivity index (χ3n) is 2.17. The molecule has 0 bridgehead atoms. The summed E-state index contributed by atoms with van der Waals surface area (Å²) in [5, 5.41) is 0.899. The number of rotatable bonds is 6. The minimum absolute atomic E-state index is 0.284. The Hall–Kier alpha value is -0.640. The number of aromatic nitrogens is 1. The number of anilines is 1. The normalized spacial score (nSPS) is 10.3. The van der Waals surface area contributed by atoms with Crippen LogP contribution in [0.3, 0.4) is 0 Å². The summed E-state index contributed by atoms with van der Waals surface area (Å²) < 4.78 is 12.7. The summed E-state index contributed by atoms with van der Waals surface area (Å²) in [5.74, 6) is 0.567. The van der Waals surface area contributed by atoms with E-state index in [-0.39, 0.29) is 5.82 Å². The minimum Gasteiger partial charge on any atom is -0.356 e. The number of unbranched alkanes of at least 4 members (excludes halogenated alkanes) is 1. The predicted molar refractivity (Wildman–Crippen MR) is 65.1 cm³/mol. The fourth-order valence-corrected chi connectivity index (χ4v) is 1.78. The van der Waals surface area contributed by atoms with Gasteiger partial charge in [0.1, 0.15) is 11.6 Å². The van der Waals surface area contributed by atoms with E-state index < -0.39 is 0 Å². The number of halogens is 2. The highest BCUT2D eigenvalue weighted by Crippen LogP contribution is 2.12. The van der Waals surface area contributed by atoms with Crippen LogP contribution in [0.15, 0.2) is 18.3 Å². The molecular weight excluding hydrogens is 259 g/mol. The summed E-state index contributed by atoms with van der Waals surface area (Å²) in [4.78, 5) is 6.24. The summed E-state index contributed by atoms with van der Waals surface area (Å²) in [7, 11) is 0. The number of pyridine rings is 1. The lowest BCUT2D eigenvalue weighted by atomic mass is 10.3. The van der Waals surface area contributed by atoms with Gasteiger partial charge in [0.2, 0.25) is 0 Å². The monoisotopic (exact) mass is 274 g/mol. The van der Waals surface area contributed by atoms with E-state index in [4.69, 9.17) is 0 Å². The average molecular weight is 275 g/mol. The van der Waals surface area contributed by atoms with E-state index in [1.807, 2.05) is 0 Å². The number of nitrogens with zero attached hydrogens (tertiary/aromatic N) is 2. The Balaban J connectivity index is 2.65. The molecule has 0 unspecified atom stereocenters. The van der Waals surface area contributed by atoms with Crippen LogP contribution in [0.2, 0.25) is 0 Å². The smallest absolute Gasteiger partial charge is 0.141 e. The molecule has 0 aliphatic rings. The van der Waals surface area contributed by atoms with E-state index in [0.29, 0.717) is 0 Å². The molecule has 0 atom stereocenters. The summed E-state index contributed by atoms with van der Waals surface area (Å²) >= 11 is 3.41. The Morgan fingerprint density at radius 1 is 1.40 bits per heavy atom. The van der Waals surface area contributed by atoms with Crippen molar-refractivity contribution >= 4 is 21.7 Å². The van der Waals surface area contributed by atoms with Crippen LogP contribution in [-0.4, -0.2) is 23.4 Å². The SMILES string of the molecule is CCCCN(CCBr)c1ccc(F)cn1.